The lowest BCUT2D eigenvalue weighted by atomic mass is 10.2. The fourth-order valence-corrected chi connectivity index (χ4v) is 5.25. The molecule has 42 heavy (non-hydrogen) atoms. The van der Waals surface area contributed by atoms with Gasteiger partial charge in [-0.05, 0) is 61.6 Å². The summed E-state index contributed by atoms with van der Waals surface area (Å²) in [6.07, 6.45) is 3.83. The van der Waals surface area contributed by atoms with Gasteiger partial charge in [0.25, 0.3) is 5.56 Å². The van der Waals surface area contributed by atoms with Gasteiger partial charge in [0.05, 0.1) is 5.52 Å². The Kier molecular flexibility index (Phi) is 6.44. The Labute approximate surface area is 239 Å². The number of rotatable bonds is 7. The van der Waals surface area contributed by atoms with E-state index in [1.165, 1.54) is 16.4 Å². The highest BCUT2D eigenvalue weighted by Crippen LogP contribution is 2.28. The highest BCUT2D eigenvalue weighted by atomic mass is 16.5. The van der Waals surface area contributed by atoms with E-state index in [-0.39, 0.29) is 23.2 Å². The van der Waals surface area contributed by atoms with Crippen LogP contribution in [-0.4, -0.2) is 80.2 Å². The van der Waals surface area contributed by atoms with Crippen molar-refractivity contribution >= 4 is 51.2 Å². The van der Waals surface area contributed by atoms with Gasteiger partial charge in [0.2, 0.25) is 5.95 Å². The zero-order valence-electron chi connectivity index (χ0n) is 22.8. The number of aromatic nitrogens is 6. The average Bonchev–Trinajstić information content (AvgIpc) is 3.35. The molecule has 0 saturated carbocycles. The number of fused-ring (bicyclic) bond motifs is 4. The third kappa shape index (κ3) is 4.57. The summed E-state index contributed by atoms with van der Waals surface area (Å²) in [6, 6.07) is 18.9. The zero-order valence-corrected chi connectivity index (χ0v) is 22.8. The summed E-state index contributed by atoms with van der Waals surface area (Å²) >= 11 is 0. The molecule has 4 aromatic heterocycles. The summed E-state index contributed by atoms with van der Waals surface area (Å²) in [5.74, 6) is 1.35. The maximum atomic E-state index is 13.9. The number of aldehydes is 1. The van der Waals surface area contributed by atoms with Crippen LogP contribution in [0.1, 0.15) is 0 Å². The molecule has 12 heteroatoms. The lowest BCUT2D eigenvalue weighted by Gasteiger charge is -2.34. The number of piperazine rings is 1. The van der Waals surface area contributed by atoms with Crippen LogP contribution in [0, 0.1) is 0 Å². The lowest BCUT2D eigenvalue weighted by molar-refractivity contribution is -0.109. The number of pyridine rings is 1. The number of likely N-dealkylation sites (N-methyl/N-ethyl adjacent to an activating group) is 1. The van der Waals surface area contributed by atoms with Crippen molar-refractivity contribution in [3.05, 3.63) is 83.4 Å². The molecule has 0 unspecified atom stereocenters. The Hall–Kier alpha value is -5.36. The van der Waals surface area contributed by atoms with Gasteiger partial charge in [-0.25, -0.2) is 19.6 Å². The molecule has 7 rings (SSSR count). The van der Waals surface area contributed by atoms with Crippen LogP contribution in [0.15, 0.2) is 77.9 Å². The van der Waals surface area contributed by atoms with Gasteiger partial charge < -0.3 is 19.9 Å². The largest absolute Gasteiger partial charge is 0.486 e. The van der Waals surface area contributed by atoms with E-state index in [0.29, 0.717) is 40.4 Å². The highest BCUT2D eigenvalue weighted by molar-refractivity contribution is 5.96. The third-order valence-electron chi connectivity index (χ3n) is 7.42. The summed E-state index contributed by atoms with van der Waals surface area (Å²) in [4.78, 5) is 47.7. The molecule has 6 aromatic rings. The standard InChI is InChI=1S/C30H27N9O3/c1-36-12-14-37(15-13-36)21-7-5-20(6-8-21)33-30-32-19-24-27(35-30)34-28-23-18-22(42-17-16-40)9-10-25(23)38(39(28)29(24)41)26-4-2-3-11-31-26/h2-11,16,18-19H,12-15,17H2,1H3,(H,32,33,35). The maximum absolute atomic E-state index is 13.9. The first-order valence-electron chi connectivity index (χ1n) is 13.6. The quantitative estimate of drug-likeness (QED) is 0.291. The first kappa shape index (κ1) is 25.6. The normalized spacial score (nSPS) is 14.1. The highest BCUT2D eigenvalue weighted by Gasteiger charge is 2.20. The predicted octanol–water partition coefficient (Wildman–Crippen LogP) is 3.05. The van der Waals surface area contributed by atoms with Crippen LogP contribution < -0.4 is 20.5 Å². The van der Waals surface area contributed by atoms with Crippen molar-refractivity contribution in [1.82, 2.24) is 34.0 Å². The van der Waals surface area contributed by atoms with Crippen LogP contribution in [0.4, 0.5) is 17.3 Å². The fraction of sp³-hybridized carbons (Fsp3) is 0.200. The second-order valence-electron chi connectivity index (χ2n) is 10.1. The van der Waals surface area contributed by atoms with Crippen molar-refractivity contribution in [2.45, 2.75) is 0 Å². The van der Waals surface area contributed by atoms with Crippen molar-refractivity contribution in [3.8, 4) is 11.6 Å². The van der Waals surface area contributed by atoms with E-state index in [4.69, 9.17) is 9.72 Å². The first-order valence-corrected chi connectivity index (χ1v) is 13.6. The molecule has 0 aliphatic carbocycles. The number of hydrogen-bond donors (Lipinski definition) is 1. The van der Waals surface area contributed by atoms with E-state index in [1.54, 1.807) is 23.0 Å². The minimum atomic E-state index is -0.338. The number of carbonyl (C=O) groups excluding carboxylic acids is 1. The minimum absolute atomic E-state index is 0.0840. The topological polar surface area (TPSA) is 123 Å². The van der Waals surface area contributed by atoms with E-state index in [9.17, 15) is 9.59 Å². The van der Waals surface area contributed by atoms with Crippen molar-refractivity contribution < 1.29 is 9.53 Å². The zero-order chi connectivity index (χ0) is 28.6. The summed E-state index contributed by atoms with van der Waals surface area (Å²) in [6.45, 7) is 3.99. The van der Waals surface area contributed by atoms with Crippen molar-refractivity contribution in [2.24, 2.45) is 0 Å². The third-order valence-corrected chi connectivity index (χ3v) is 7.42. The molecule has 1 N–H and O–H groups in total. The second kappa shape index (κ2) is 10.6. The molecule has 0 radical (unpaired) electrons. The Balaban J connectivity index is 1.29. The van der Waals surface area contributed by atoms with E-state index < -0.39 is 0 Å². The Morgan fingerprint density at radius 1 is 0.952 bits per heavy atom. The molecule has 0 spiro atoms. The number of ether oxygens (including phenoxy) is 1. The monoisotopic (exact) mass is 561 g/mol. The van der Waals surface area contributed by atoms with Crippen molar-refractivity contribution in [2.75, 3.05) is 50.1 Å². The van der Waals surface area contributed by atoms with Gasteiger partial charge in [-0.3, -0.25) is 9.59 Å². The van der Waals surface area contributed by atoms with Crippen LogP contribution in [0.3, 0.4) is 0 Å². The first-order chi connectivity index (χ1) is 20.6. The molecule has 0 atom stereocenters. The van der Waals surface area contributed by atoms with E-state index in [2.05, 4.69) is 49.2 Å². The summed E-state index contributed by atoms with van der Waals surface area (Å²) < 4.78 is 8.70. The van der Waals surface area contributed by atoms with Gasteiger partial charge in [-0.1, -0.05) is 6.07 Å². The Morgan fingerprint density at radius 3 is 2.55 bits per heavy atom. The number of nitrogens with one attached hydrogen (secondary N) is 1. The number of nitrogens with zero attached hydrogens (tertiary/aromatic N) is 8. The average molecular weight is 562 g/mol. The molecular formula is C30H27N9O3. The Morgan fingerprint density at radius 2 is 1.79 bits per heavy atom. The lowest BCUT2D eigenvalue weighted by Crippen LogP contribution is -2.44. The number of carbonyl (C=O) groups is 1. The Bertz CT molecular complexity index is 1980. The molecule has 1 fully saturated rings. The molecule has 0 amide bonds. The van der Waals surface area contributed by atoms with Crippen LogP contribution >= 0.6 is 0 Å². The van der Waals surface area contributed by atoms with Gasteiger partial charge in [-0.2, -0.15) is 9.50 Å². The molecule has 1 saturated heterocycles. The number of anilines is 3. The molecule has 2 aromatic carbocycles. The minimum Gasteiger partial charge on any atom is -0.486 e. The van der Waals surface area contributed by atoms with E-state index >= 15 is 0 Å². The van der Waals surface area contributed by atoms with Gasteiger partial charge in [-0.15, -0.1) is 0 Å². The van der Waals surface area contributed by atoms with Crippen LogP contribution in [0.5, 0.6) is 5.75 Å². The van der Waals surface area contributed by atoms with Crippen molar-refractivity contribution in [1.29, 1.82) is 0 Å². The molecule has 5 heterocycles. The molecule has 1 aliphatic heterocycles. The maximum Gasteiger partial charge on any atom is 0.284 e. The van der Waals surface area contributed by atoms with Crippen LogP contribution in [-0.2, 0) is 4.79 Å². The molecule has 12 nitrogen and oxygen atoms in total. The van der Waals surface area contributed by atoms with Gasteiger partial charge in [0.15, 0.2) is 23.4 Å². The summed E-state index contributed by atoms with van der Waals surface area (Å²) in [7, 11) is 2.14. The van der Waals surface area contributed by atoms with E-state index in [1.807, 2.05) is 36.4 Å². The molecular weight excluding hydrogens is 534 g/mol. The SMILES string of the molecule is CN1CCN(c2ccc(Nc3ncc4c(=O)n5c(nc4n3)c3cc(OCC=O)ccc3n5-c3ccccn3)cc2)CC1. The van der Waals surface area contributed by atoms with Crippen molar-refractivity contribution in [3.63, 3.8) is 0 Å². The summed E-state index contributed by atoms with van der Waals surface area (Å²) in [5, 5.41) is 4.15. The van der Waals surface area contributed by atoms with Crippen LogP contribution in [0.25, 0.3) is 33.4 Å². The second-order valence-corrected chi connectivity index (χ2v) is 10.1. The van der Waals surface area contributed by atoms with Crippen LogP contribution in [0.2, 0.25) is 0 Å². The van der Waals surface area contributed by atoms with E-state index in [0.717, 1.165) is 31.9 Å². The fourth-order valence-electron chi connectivity index (χ4n) is 5.25. The molecule has 0 bridgehead atoms. The molecule has 1 aliphatic rings. The van der Waals surface area contributed by atoms with Gasteiger partial charge in [0, 0.05) is 55.3 Å². The van der Waals surface area contributed by atoms with Gasteiger partial charge in [0.1, 0.15) is 17.7 Å². The molecule has 210 valence electrons. The predicted molar refractivity (Wildman–Crippen MR) is 160 cm³/mol. The number of benzene rings is 2. The van der Waals surface area contributed by atoms with Gasteiger partial charge >= 0.3 is 0 Å². The number of hydrogen-bond acceptors (Lipinski definition) is 10. The summed E-state index contributed by atoms with van der Waals surface area (Å²) in [5.41, 5.74) is 2.99. The smallest absolute Gasteiger partial charge is 0.284 e.